The summed E-state index contributed by atoms with van der Waals surface area (Å²) >= 11 is 6.01. The summed E-state index contributed by atoms with van der Waals surface area (Å²) in [6.45, 7) is 4.24. The molecule has 0 atom stereocenters. The third-order valence-electron chi connectivity index (χ3n) is 4.16. The first kappa shape index (κ1) is 19.7. The standard InChI is InChI=1S/C22H21ClN2O3/c1-16-19(17(2)25(24-16)18-8-4-3-5-9-18)12-13-22(26)28-15-14-27-21-11-7-6-10-20(21)23/h3-13H,14-15H2,1-2H3/b13-12+. The summed E-state index contributed by atoms with van der Waals surface area (Å²) in [5.41, 5.74) is 3.66. The molecule has 3 aromatic rings. The molecule has 0 saturated heterocycles. The van der Waals surface area contributed by atoms with Crippen molar-refractivity contribution in [2.75, 3.05) is 13.2 Å². The van der Waals surface area contributed by atoms with Crippen molar-refractivity contribution in [2.45, 2.75) is 13.8 Å². The topological polar surface area (TPSA) is 53.4 Å². The van der Waals surface area contributed by atoms with E-state index in [1.54, 1.807) is 18.2 Å². The second-order valence-electron chi connectivity index (χ2n) is 6.11. The zero-order chi connectivity index (χ0) is 19.9. The number of nitrogens with zero attached hydrogens (tertiary/aromatic N) is 2. The van der Waals surface area contributed by atoms with Crippen molar-refractivity contribution in [3.63, 3.8) is 0 Å². The predicted molar refractivity (Wildman–Crippen MR) is 110 cm³/mol. The fraction of sp³-hybridized carbons (Fsp3) is 0.182. The van der Waals surface area contributed by atoms with Crippen molar-refractivity contribution in [3.05, 3.63) is 82.6 Å². The number of para-hydroxylation sites is 2. The molecule has 0 unspecified atom stereocenters. The second kappa shape index (κ2) is 9.24. The van der Waals surface area contributed by atoms with Gasteiger partial charge in [0.25, 0.3) is 0 Å². The highest BCUT2D eigenvalue weighted by molar-refractivity contribution is 6.32. The summed E-state index contributed by atoms with van der Waals surface area (Å²) in [5.74, 6) is 0.129. The van der Waals surface area contributed by atoms with E-state index in [4.69, 9.17) is 21.1 Å². The molecule has 0 spiro atoms. The Labute approximate surface area is 169 Å². The maximum atomic E-state index is 12.0. The quantitative estimate of drug-likeness (QED) is 0.327. The van der Waals surface area contributed by atoms with Crippen molar-refractivity contribution >= 4 is 23.6 Å². The minimum atomic E-state index is -0.436. The van der Waals surface area contributed by atoms with Gasteiger partial charge in [0.15, 0.2) is 0 Å². The fourth-order valence-electron chi connectivity index (χ4n) is 2.77. The first-order valence-corrected chi connectivity index (χ1v) is 9.28. The Kier molecular flexibility index (Phi) is 6.50. The number of esters is 1. The van der Waals surface area contributed by atoms with E-state index in [0.717, 1.165) is 22.6 Å². The molecular weight excluding hydrogens is 376 g/mol. The highest BCUT2D eigenvalue weighted by atomic mass is 35.5. The summed E-state index contributed by atoms with van der Waals surface area (Å²) in [6, 6.07) is 17.0. The third kappa shape index (κ3) is 4.81. The van der Waals surface area contributed by atoms with E-state index >= 15 is 0 Å². The van der Waals surface area contributed by atoms with E-state index in [9.17, 15) is 4.79 Å². The molecule has 5 nitrogen and oxygen atoms in total. The zero-order valence-electron chi connectivity index (χ0n) is 15.8. The summed E-state index contributed by atoms with van der Waals surface area (Å²) in [7, 11) is 0. The van der Waals surface area contributed by atoms with Crippen molar-refractivity contribution < 1.29 is 14.3 Å². The molecule has 3 rings (SSSR count). The Morgan fingerprint density at radius 2 is 1.79 bits per heavy atom. The summed E-state index contributed by atoms with van der Waals surface area (Å²) in [5, 5.41) is 5.08. The minimum Gasteiger partial charge on any atom is -0.488 e. The highest BCUT2D eigenvalue weighted by Crippen LogP contribution is 2.23. The molecule has 0 aliphatic rings. The lowest BCUT2D eigenvalue weighted by Gasteiger charge is -2.07. The van der Waals surface area contributed by atoms with Crippen LogP contribution >= 0.6 is 11.6 Å². The van der Waals surface area contributed by atoms with Gasteiger partial charge in [0, 0.05) is 17.3 Å². The molecule has 28 heavy (non-hydrogen) atoms. The minimum absolute atomic E-state index is 0.135. The molecule has 1 heterocycles. The molecule has 144 valence electrons. The Hall–Kier alpha value is -3.05. The fourth-order valence-corrected chi connectivity index (χ4v) is 2.96. The zero-order valence-corrected chi connectivity index (χ0v) is 16.5. The van der Waals surface area contributed by atoms with Crippen LogP contribution in [-0.2, 0) is 9.53 Å². The van der Waals surface area contributed by atoms with Crippen LogP contribution < -0.4 is 4.74 Å². The molecule has 0 aliphatic carbocycles. The number of halogens is 1. The summed E-state index contributed by atoms with van der Waals surface area (Å²) in [6.07, 6.45) is 3.14. The molecule has 6 heteroatoms. The Morgan fingerprint density at radius 1 is 1.07 bits per heavy atom. The first-order chi connectivity index (χ1) is 13.6. The number of benzene rings is 2. The van der Waals surface area contributed by atoms with Crippen LogP contribution in [0.4, 0.5) is 0 Å². The molecule has 0 radical (unpaired) electrons. The first-order valence-electron chi connectivity index (χ1n) is 8.90. The number of hydrogen-bond donors (Lipinski definition) is 0. The lowest BCUT2D eigenvalue weighted by atomic mass is 10.2. The van der Waals surface area contributed by atoms with Gasteiger partial charge >= 0.3 is 5.97 Å². The largest absolute Gasteiger partial charge is 0.488 e. The van der Waals surface area contributed by atoms with E-state index in [2.05, 4.69) is 5.10 Å². The lowest BCUT2D eigenvalue weighted by molar-refractivity contribution is -0.138. The monoisotopic (exact) mass is 396 g/mol. The number of aromatic nitrogens is 2. The number of carbonyl (C=O) groups excluding carboxylic acids is 1. The van der Waals surface area contributed by atoms with Gasteiger partial charge in [-0.3, -0.25) is 0 Å². The molecule has 0 amide bonds. The van der Waals surface area contributed by atoms with Gasteiger partial charge < -0.3 is 9.47 Å². The van der Waals surface area contributed by atoms with E-state index in [1.165, 1.54) is 6.08 Å². The van der Waals surface area contributed by atoms with Crippen molar-refractivity contribution in [2.24, 2.45) is 0 Å². The van der Waals surface area contributed by atoms with Crippen molar-refractivity contribution in [3.8, 4) is 11.4 Å². The normalized spacial score (nSPS) is 11.0. The number of hydrogen-bond acceptors (Lipinski definition) is 4. The van der Waals surface area contributed by atoms with Gasteiger partial charge in [0.1, 0.15) is 19.0 Å². The molecule has 0 saturated carbocycles. The van der Waals surface area contributed by atoms with Crippen LogP contribution in [0.3, 0.4) is 0 Å². The number of aryl methyl sites for hydroxylation is 1. The molecule has 0 aliphatic heterocycles. The van der Waals surface area contributed by atoms with Gasteiger partial charge in [-0.1, -0.05) is 41.9 Å². The molecule has 1 aromatic heterocycles. The maximum Gasteiger partial charge on any atom is 0.330 e. The second-order valence-corrected chi connectivity index (χ2v) is 6.52. The van der Waals surface area contributed by atoms with Crippen LogP contribution in [0.25, 0.3) is 11.8 Å². The Balaban J connectivity index is 1.56. The number of rotatable bonds is 7. The van der Waals surface area contributed by atoms with Crippen molar-refractivity contribution in [1.29, 1.82) is 0 Å². The van der Waals surface area contributed by atoms with E-state index < -0.39 is 5.97 Å². The highest BCUT2D eigenvalue weighted by Gasteiger charge is 2.11. The van der Waals surface area contributed by atoms with Gasteiger partial charge in [-0.15, -0.1) is 0 Å². The summed E-state index contributed by atoms with van der Waals surface area (Å²) < 4.78 is 12.5. The smallest absolute Gasteiger partial charge is 0.330 e. The van der Waals surface area contributed by atoms with Crippen LogP contribution in [0, 0.1) is 13.8 Å². The molecule has 0 N–H and O–H groups in total. The van der Waals surface area contributed by atoms with E-state index in [1.807, 2.05) is 61.0 Å². The van der Waals surface area contributed by atoms with Gasteiger partial charge in [-0.05, 0) is 44.2 Å². The lowest BCUT2D eigenvalue weighted by Crippen LogP contribution is -2.10. The van der Waals surface area contributed by atoms with Gasteiger partial charge in [-0.25, -0.2) is 9.48 Å². The third-order valence-corrected chi connectivity index (χ3v) is 4.47. The predicted octanol–water partition coefficient (Wildman–Crippen LogP) is 4.78. The Bertz CT molecular complexity index is 981. The molecule has 2 aromatic carbocycles. The average Bonchev–Trinajstić information content (AvgIpc) is 2.99. The molecule has 0 fully saturated rings. The van der Waals surface area contributed by atoms with Gasteiger partial charge in [-0.2, -0.15) is 5.10 Å². The molecule has 0 bridgehead atoms. The number of carbonyl (C=O) groups is 1. The SMILES string of the molecule is Cc1nn(-c2ccccc2)c(C)c1/C=C/C(=O)OCCOc1ccccc1Cl. The Morgan fingerprint density at radius 3 is 2.54 bits per heavy atom. The maximum absolute atomic E-state index is 12.0. The van der Waals surface area contributed by atoms with Crippen LogP contribution in [0.15, 0.2) is 60.7 Å². The average molecular weight is 397 g/mol. The van der Waals surface area contributed by atoms with Gasteiger partial charge in [0.2, 0.25) is 0 Å². The van der Waals surface area contributed by atoms with Crippen LogP contribution in [-0.4, -0.2) is 29.0 Å². The van der Waals surface area contributed by atoms with E-state index in [0.29, 0.717) is 10.8 Å². The molecular formula is C22H21ClN2O3. The van der Waals surface area contributed by atoms with Crippen LogP contribution in [0.2, 0.25) is 5.02 Å². The van der Waals surface area contributed by atoms with Crippen molar-refractivity contribution in [1.82, 2.24) is 9.78 Å². The van der Waals surface area contributed by atoms with Crippen LogP contribution in [0.5, 0.6) is 5.75 Å². The summed E-state index contributed by atoms with van der Waals surface area (Å²) in [4.78, 5) is 12.0. The number of ether oxygens (including phenoxy) is 2. The van der Waals surface area contributed by atoms with Gasteiger partial charge in [0.05, 0.1) is 16.4 Å². The van der Waals surface area contributed by atoms with E-state index in [-0.39, 0.29) is 13.2 Å². The van der Waals surface area contributed by atoms with Crippen LogP contribution in [0.1, 0.15) is 17.0 Å².